The van der Waals surface area contributed by atoms with Crippen LogP contribution in [-0.2, 0) is 23.9 Å². The van der Waals surface area contributed by atoms with Crippen molar-refractivity contribution in [3.05, 3.63) is 52.0 Å². The molecule has 190 valence electrons. The Hall–Kier alpha value is -2.21. The SMILES string of the molecule is CC(C)(C)C1CC(=O)N(Cc2cc(-c3cc(Cl)cc4c3OC(C(C)(C)C)C4)cc(C(F)(F)F)c2)C1. The van der Waals surface area contributed by atoms with Gasteiger partial charge in [0.25, 0.3) is 0 Å². The van der Waals surface area contributed by atoms with Crippen molar-refractivity contribution in [1.29, 1.82) is 0 Å². The molecule has 2 heterocycles. The summed E-state index contributed by atoms with van der Waals surface area (Å²) in [4.78, 5) is 14.3. The summed E-state index contributed by atoms with van der Waals surface area (Å²) in [6.07, 6.45) is -3.56. The van der Waals surface area contributed by atoms with Crippen LogP contribution in [0.1, 0.15) is 64.7 Å². The van der Waals surface area contributed by atoms with Crippen LogP contribution in [0.2, 0.25) is 5.02 Å². The number of hydrogen-bond donors (Lipinski definition) is 0. The van der Waals surface area contributed by atoms with Crippen LogP contribution in [0.15, 0.2) is 30.3 Å². The lowest BCUT2D eigenvalue weighted by molar-refractivity contribution is -0.137. The second-order valence-electron chi connectivity index (χ2n) is 12.1. The number of likely N-dealkylation sites (tertiary alicyclic amines) is 1. The number of nitrogens with zero attached hydrogens (tertiary/aromatic N) is 1. The van der Waals surface area contributed by atoms with Crippen LogP contribution in [0.25, 0.3) is 11.1 Å². The Morgan fingerprint density at radius 1 is 0.971 bits per heavy atom. The summed E-state index contributed by atoms with van der Waals surface area (Å²) in [5.74, 6) is 0.729. The number of carbonyl (C=O) groups excluding carboxylic acids is 1. The molecule has 0 bridgehead atoms. The van der Waals surface area contributed by atoms with E-state index in [0.717, 1.165) is 17.7 Å². The van der Waals surface area contributed by atoms with Crippen LogP contribution in [0.5, 0.6) is 5.75 Å². The van der Waals surface area contributed by atoms with Crippen LogP contribution in [-0.4, -0.2) is 23.5 Å². The molecule has 0 N–H and O–H groups in total. The summed E-state index contributed by atoms with van der Waals surface area (Å²) < 4.78 is 48.0. The van der Waals surface area contributed by atoms with E-state index in [1.54, 1.807) is 17.0 Å². The third-order valence-electron chi connectivity index (χ3n) is 7.21. The number of rotatable bonds is 3. The zero-order chi connectivity index (χ0) is 25.9. The van der Waals surface area contributed by atoms with Gasteiger partial charge in [0.15, 0.2) is 0 Å². The summed E-state index contributed by atoms with van der Waals surface area (Å²) in [6, 6.07) is 7.52. The molecule has 2 aliphatic heterocycles. The minimum absolute atomic E-state index is 0.0242. The highest BCUT2D eigenvalue weighted by molar-refractivity contribution is 6.31. The maximum atomic E-state index is 13.9. The van der Waals surface area contributed by atoms with Gasteiger partial charge in [-0.25, -0.2) is 0 Å². The quantitative estimate of drug-likeness (QED) is 0.424. The van der Waals surface area contributed by atoms with Gasteiger partial charge in [-0.2, -0.15) is 13.2 Å². The molecule has 35 heavy (non-hydrogen) atoms. The first-order valence-electron chi connectivity index (χ1n) is 12.0. The third kappa shape index (κ3) is 5.47. The molecule has 2 unspecified atom stereocenters. The normalized spacial score (nSPS) is 20.9. The number of hydrogen-bond acceptors (Lipinski definition) is 2. The van der Waals surface area contributed by atoms with E-state index in [-0.39, 0.29) is 35.3 Å². The molecule has 2 aliphatic rings. The van der Waals surface area contributed by atoms with Crippen LogP contribution in [0, 0.1) is 16.7 Å². The van der Waals surface area contributed by atoms with E-state index in [1.807, 2.05) is 6.07 Å². The van der Waals surface area contributed by atoms with Gasteiger partial charge in [0.1, 0.15) is 11.9 Å². The van der Waals surface area contributed by atoms with E-state index in [4.69, 9.17) is 16.3 Å². The number of fused-ring (bicyclic) bond motifs is 1. The second kappa shape index (κ2) is 8.72. The Labute approximate surface area is 210 Å². The summed E-state index contributed by atoms with van der Waals surface area (Å²) in [5, 5.41) is 0.457. The Bertz CT molecular complexity index is 1140. The monoisotopic (exact) mass is 507 g/mol. The first-order valence-corrected chi connectivity index (χ1v) is 12.4. The van der Waals surface area contributed by atoms with Gasteiger partial charge in [-0.05, 0) is 63.8 Å². The maximum absolute atomic E-state index is 13.9. The van der Waals surface area contributed by atoms with Gasteiger partial charge in [-0.3, -0.25) is 4.79 Å². The maximum Gasteiger partial charge on any atom is 0.416 e. The molecule has 4 rings (SSSR count). The lowest BCUT2D eigenvalue weighted by Gasteiger charge is -2.27. The van der Waals surface area contributed by atoms with Crippen molar-refractivity contribution in [2.45, 2.75) is 73.2 Å². The molecule has 0 spiro atoms. The molecule has 2 aromatic carbocycles. The molecule has 2 aromatic rings. The predicted octanol–water partition coefficient (Wildman–Crippen LogP) is 7.77. The second-order valence-corrected chi connectivity index (χ2v) is 12.5. The number of halogens is 4. The average molecular weight is 508 g/mol. The van der Waals surface area contributed by atoms with Crippen LogP contribution in [0.4, 0.5) is 13.2 Å². The fourth-order valence-electron chi connectivity index (χ4n) is 4.85. The van der Waals surface area contributed by atoms with Gasteiger partial charge in [0, 0.05) is 36.5 Å². The molecule has 0 radical (unpaired) electrons. The zero-order valence-corrected chi connectivity index (χ0v) is 21.9. The molecule has 1 fully saturated rings. The fourth-order valence-corrected chi connectivity index (χ4v) is 5.09. The first kappa shape index (κ1) is 25.9. The highest BCUT2D eigenvalue weighted by atomic mass is 35.5. The minimum Gasteiger partial charge on any atom is -0.489 e. The van der Waals surface area contributed by atoms with E-state index in [0.29, 0.717) is 46.8 Å². The average Bonchev–Trinajstić information content (AvgIpc) is 3.30. The first-order chi connectivity index (χ1) is 16.0. The van der Waals surface area contributed by atoms with E-state index in [2.05, 4.69) is 41.5 Å². The minimum atomic E-state index is -4.52. The molecular weight excluding hydrogens is 475 g/mol. The van der Waals surface area contributed by atoms with Gasteiger partial charge in [-0.15, -0.1) is 0 Å². The highest BCUT2D eigenvalue weighted by Gasteiger charge is 2.38. The third-order valence-corrected chi connectivity index (χ3v) is 7.42. The van der Waals surface area contributed by atoms with Crippen LogP contribution >= 0.6 is 11.6 Å². The largest absolute Gasteiger partial charge is 0.489 e. The number of ether oxygens (including phenoxy) is 1. The van der Waals surface area contributed by atoms with E-state index < -0.39 is 11.7 Å². The topological polar surface area (TPSA) is 29.5 Å². The van der Waals surface area contributed by atoms with Gasteiger partial charge >= 0.3 is 6.18 Å². The Kier molecular flexibility index (Phi) is 6.45. The molecule has 0 saturated carbocycles. The van der Waals surface area contributed by atoms with Gasteiger partial charge in [-0.1, -0.05) is 53.1 Å². The lowest BCUT2D eigenvalue weighted by atomic mass is 9.80. The lowest BCUT2D eigenvalue weighted by Crippen LogP contribution is -2.30. The Morgan fingerprint density at radius 2 is 1.66 bits per heavy atom. The molecule has 7 heteroatoms. The number of carbonyl (C=O) groups is 1. The molecule has 0 aliphatic carbocycles. The Morgan fingerprint density at radius 3 is 2.23 bits per heavy atom. The van der Waals surface area contributed by atoms with Gasteiger partial charge in [0.05, 0.1) is 5.56 Å². The van der Waals surface area contributed by atoms with Crippen molar-refractivity contribution >= 4 is 17.5 Å². The van der Waals surface area contributed by atoms with Crippen molar-refractivity contribution in [2.75, 3.05) is 6.54 Å². The van der Waals surface area contributed by atoms with Crippen LogP contribution < -0.4 is 4.74 Å². The van der Waals surface area contributed by atoms with E-state index >= 15 is 0 Å². The number of amides is 1. The van der Waals surface area contributed by atoms with Crippen molar-refractivity contribution in [3.8, 4) is 16.9 Å². The fraction of sp³-hybridized carbons (Fsp3) is 0.536. The highest BCUT2D eigenvalue weighted by Crippen LogP contribution is 2.46. The smallest absolute Gasteiger partial charge is 0.416 e. The van der Waals surface area contributed by atoms with Crippen molar-refractivity contribution in [1.82, 2.24) is 4.90 Å². The standard InChI is InChI=1S/C28H33ClF3NO2/c1-26(2,3)20-12-24(34)33(15-20)14-16-7-17(9-19(8-16)28(30,31)32)22-13-21(29)10-18-11-23(27(4,5)6)35-25(18)22/h7-10,13,20,23H,11-12,14-15H2,1-6H3. The molecular formula is C28H33ClF3NO2. The summed E-state index contributed by atoms with van der Waals surface area (Å²) >= 11 is 6.39. The van der Waals surface area contributed by atoms with Crippen molar-refractivity contribution in [3.63, 3.8) is 0 Å². The van der Waals surface area contributed by atoms with Crippen molar-refractivity contribution in [2.24, 2.45) is 16.7 Å². The summed E-state index contributed by atoms with van der Waals surface area (Å²) in [6.45, 7) is 13.2. The van der Waals surface area contributed by atoms with Gasteiger partial charge in [0.2, 0.25) is 5.91 Å². The molecule has 3 nitrogen and oxygen atoms in total. The summed E-state index contributed by atoms with van der Waals surface area (Å²) in [5.41, 5.74) is 1.34. The molecule has 1 amide bonds. The van der Waals surface area contributed by atoms with E-state index in [9.17, 15) is 18.0 Å². The Balaban J connectivity index is 1.74. The van der Waals surface area contributed by atoms with Crippen LogP contribution in [0.3, 0.4) is 0 Å². The predicted molar refractivity (Wildman–Crippen MR) is 132 cm³/mol. The molecule has 0 aromatic heterocycles. The van der Waals surface area contributed by atoms with Crippen molar-refractivity contribution < 1.29 is 22.7 Å². The number of benzene rings is 2. The number of alkyl halides is 3. The zero-order valence-electron chi connectivity index (χ0n) is 21.1. The van der Waals surface area contributed by atoms with E-state index in [1.165, 1.54) is 0 Å². The summed E-state index contributed by atoms with van der Waals surface area (Å²) in [7, 11) is 0. The molecule has 2 atom stereocenters. The molecule has 1 saturated heterocycles. The van der Waals surface area contributed by atoms with Gasteiger partial charge < -0.3 is 9.64 Å².